The Bertz CT molecular complexity index is 1510. The third kappa shape index (κ3) is 5.38. The van der Waals surface area contributed by atoms with Gasteiger partial charge in [-0.25, -0.2) is 9.59 Å². The summed E-state index contributed by atoms with van der Waals surface area (Å²) in [7, 11) is 0. The summed E-state index contributed by atoms with van der Waals surface area (Å²) in [5, 5.41) is 53.0. The Morgan fingerprint density at radius 2 is 1.58 bits per heavy atom. The van der Waals surface area contributed by atoms with Gasteiger partial charge >= 0.3 is 12.1 Å². The number of hydrogen-bond acceptors (Lipinski definition) is 10. The molecule has 0 aliphatic heterocycles. The van der Waals surface area contributed by atoms with Crippen molar-refractivity contribution in [3.05, 3.63) is 40.2 Å². The summed E-state index contributed by atoms with van der Waals surface area (Å²) in [6.45, 7) is 10.1. The first-order valence-corrected chi connectivity index (χ1v) is 13.6. The number of hydrogen-bond donors (Lipinski definition) is 8. The molecule has 0 radical (unpaired) electrons. The first-order valence-electron chi connectivity index (χ1n) is 13.6. The second-order valence-corrected chi connectivity index (χ2v) is 13.0. The predicted molar refractivity (Wildman–Crippen MR) is 152 cm³/mol. The molecule has 14 heteroatoms. The van der Waals surface area contributed by atoms with E-state index in [0.29, 0.717) is 5.56 Å². The van der Waals surface area contributed by atoms with E-state index in [1.54, 1.807) is 41.5 Å². The number of amides is 4. The molecular formula is C29H36N4O10. The minimum absolute atomic E-state index is 0.106. The number of nitrogens with one attached hydrogen (secondary N) is 3. The van der Waals surface area contributed by atoms with Crippen molar-refractivity contribution < 1.29 is 49.1 Å². The van der Waals surface area contributed by atoms with Gasteiger partial charge < -0.3 is 46.8 Å². The molecule has 232 valence electrons. The van der Waals surface area contributed by atoms with Crippen LogP contribution in [-0.4, -0.2) is 72.8 Å². The number of alkyl carbamates (subject to hydrolysis) is 1. The number of ketones is 2. The molecule has 1 fully saturated rings. The summed E-state index contributed by atoms with van der Waals surface area (Å²) in [5.74, 6) is -8.96. The van der Waals surface area contributed by atoms with E-state index in [2.05, 4.69) is 16.0 Å². The maximum Gasteiger partial charge on any atom is 0.409 e. The van der Waals surface area contributed by atoms with Gasteiger partial charge in [-0.05, 0) is 59.6 Å². The third-order valence-corrected chi connectivity index (χ3v) is 7.48. The van der Waals surface area contributed by atoms with Crippen LogP contribution in [0.3, 0.4) is 0 Å². The monoisotopic (exact) mass is 600 g/mol. The van der Waals surface area contributed by atoms with Crippen LogP contribution in [0.5, 0.6) is 5.75 Å². The second kappa shape index (κ2) is 10.3. The number of aliphatic hydroxyl groups excluding tert-OH is 3. The van der Waals surface area contributed by atoms with Gasteiger partial charge in [-0.1, -0.05) is 6.07 Å². The summed E-state index contributed by atoms with van der Waals surface area (Å²) >= 11 is 0. The number of carbonyl (C=O) groups excluding carboxylic acids is 5. The van der Waals surface area contributed by atoms with E-state index in [1.165, 1.54) is 12.1 Å². The minimum atomic E-state index is -2.82. The Kier molecular flexibility index (Phi) is 7.50. The number of aromatic hydroxyl groups is 1. The summed E-state index contributed by atoms with van der Waals surface area (Å²) in [4.78, 5) is 64.8. The van der Waals surface area contributed by atoms with Crippen molar-refractivity contribution >= 4 is 41.0 Å². The van der Waals surface area contributed by atoms with Gasteiger partial charge in [0.2, 0.25) is 11.4 Å². The number of Topliss-reactive ketones (excluding diaryl/α,β-unsaturated/α-hetero) is 2. The smallest absolute Gasteiger partial charge is 0.409 e. The molecule has 4 rings (SSSR count). The molecule has 0 spiro atoms. The molecule has 14 nitrogen and oxygen atoms in total. The molecule has 0 aromatic heterocycles. The van der Waals surface area contributed by atoms with Gasteiger partial charge in [-0.2, -0.15) is 0 Å². The highest BCUT2D eigenvalue weighted by Gasteiger charge is 2.67. The predicted octanol–water partition coefficient (Wildman–Crippen LogP) is 1.85. The summed E-state index contributed by atoms with van der Waals surface area (Å²) in [6.07, 6.45) is -3.70. The highest BCUT2D eigenvalue weighted by molar-refractivity contribution is 6.23. The quantitative estimate of drug-likeness (QED) is 0.185. The van der Waals surface area contributed by atoms with Crippen LogP contribution in [0.25, 0.3) is 5.76 Å². The summed E-state index contributed by atoms with van der Waals surface area (Å²) in [5.41, 5.74) is -0.518. The molecule has 0 heterocycles. The fourth-order valence-electron chi connectivity index (χ4n) is 5.84. The highest BCUT2D eigenvalue weighted by atomic mass is 16.6. The first-order chi connectivity index (χ1) is 19.7. The number of phenols is 1. The molecule has 0 unspecified atom stereocenters. The Morgan fingerprint density at radius 1 is 0.977 bits per heavy atom. The van der Waals surface area contributed by atoms with Gasteiger partial charge in [0, 0.05) is 34.9 Å². The van der Waals surface area contributed by atoms with Gasteiger partial charge in [0.15, 0.2) is 11.5 Å². The fourth-order valence-corrected chi connectivity index (χ4v) is 5.84. The number of fused-ring (bicyclic) bond motifs is 3. The lowest BCUT2D eigenvalue weighted by molar-refractivity contribution is -0.160. The molecular weight excluding hydrogens is 564 g/mol. The van der Waals surface area contributed by atoms with Gasteiger partial charge in [0.1, 0.15) is 17.1 Å². The maximum absolute atomic E-state index is 14.3. The zero-order valence-corrected chi connectivity index (χ0v) is 24.6. The highest BCUT2D eigenvalue weighted by Crippen LogP contribution is 2.54. The van der Waals surface area contributed by atoms with Crippen LogP contribution in [0.4, 0.5) is 15.3 Å². The van der Waals surface area contributed by atoms with Crippen LogP contribution >= 0.6 is 0 Å². The van der Waals surface area contributed by atoms with Gasteiger partial charge in [-0.15, -0.1) is 0 Å². The second-order valence-electron chi connectivity index (χ2n) is 13.0. The lowest BCUT2D eigenvalue weighted by Crippen LogP contribution is -2.66. The number of ether oxygens (including phenoxy) is 1. The fraction of sp³-hybridized carbons (Fsp3) is 0.483. The number of anilines is 1. The molecule has 0 saturated heterocycles. The van der Waals surface area contributed by atoms with E-state index in [-0.39, 0.29) is 17.7 Å². The first kappa shape index (κ1) is 31.3. The van der Waals surface area contributed by atoms with Crippen molar-refractivity contribution in [3.63, 3.8) is 0 Å². The lowest BCUT2D eigenvalue weighted by atomic mass is 9.57. The van der Waals surface area contributed by atoms with Gasteiger partial charge in [0.25, 0.3) is 5.91 Å². The SMILES string of the molecule is CC(C)(C)NC(=O)Nc1ccc2c(c1O)C(O)=C1C(=O)[C@]3(OC(=O)NC(C)(C)C)C(O)=C(C(N)=O)C(=O)C[C@@H]3[C@@H](O)[C@@H]1C2. The zero-order chi connectivity index (χ0) is 32.4. The number of phenolic OH excluding ortho intramolecular Hbond substituents is 1. The molecule has 4 atom stereocenters. The summed E-state index contributed by atoms with van der Waals surface area (Å²) < 4.78 is 5.52. The Morgan fingerprint density at radius 3 is 2.14 bits per heavy atom. The van der Waals surface area contributed by atoms with E-state index >= 15 is 0 Å². The number of benzene rings is 1. The average Bonchev–Trinajstić information content (AvgIpc) is 2.83. The molecule has 1 aromatic rings. The number of primary amides is 1. The van der Waals surface area contributed by atoms with Crippen LogP contribution in [0.1, 0.15) is 59.1 Å². The number of carbonyl (C=O) groups is 5. The van der Waals surface area contributed by atoms with Crippen molar-refractivity contribution in [1.82, 2.24) is 10.6 Å². The topological polar surface area (TPSA) is 238 Å². The zero-order valence-electron chi connectivity index (χ0n) is 24.6. The third-order valence-electron chi connectivity index (χ3n) is 7.48. The molecule has 3 aliphatic rings. The molecule has 43 heavy (non-hydrogen) atoms. The van der Waals surface area contributed by atoms with Gasteiger partial charge in [-0.3, -0.25) is 14.4 Å². The van der Waals surface area contributed by atoms with E-state index < -0.39 is 99.1 Å². The van der Waals surface area contributed by atoms with E-state index in [4.69, 9.17) is 10.5 Å². The molecule has 4 amide bonds. The van der Waals surface area contributed by atoms with Crippen LogP contribution < -0.4 is 21.7 Å². The number of nitrogens with two attached hydrogens (primary N) is 1. The number of aliphatic hydroxyl groups is 3. The van der Waals surface area contributed by atoms with Gasteiger partial charge in [0.05, 0.1) is 17.4 Å². The standard InChI is InChI=1S/C29H36N4O10/c1-27(2,3)32-25(41)31-14-8-7-11-9-12-17(21(37)16(11)20(14)36)22(38)29(43-26(42)33-28(4,5)6)13(19(12)35)10-15(34)18(23(29)39)24(30)40/h7-8,12-13,19,35-37,39H,9-10H2,1-6H3,(H2,30,40)(H,33,42)(H2,31,32,41)/t12-,13-,19+,29+/m1/s1. The van der Waals surface area contributed by atoms with Crippen LogP contribution in [-0.2, 0) is 25.5 Å². The minimum Gasteiger partial charge on any atom is -0.507 e. The Balaban J connectivity index is 1.91. The molecule has 9 N–H and O–H groups in total. The normalized spacial score (nSPS) is 25.3. The average molecular weight is 601 g/mol. The van der Waals surface area contributed by atoms with E-state index in [0.717, 1.165) is 0 Å². The van der Waals surface area contributed by atoms with Crippen molar-refractivity contribution in [1.29, 1.82) is 0 Å². The molecule has 0 bridgehead atoms. The van der Waals surface area contributed by atoms with Crippen LogP contribution in [0.15, 0.2) is 29.0 Å². The lowest BCUT2D eigenvalue weighted by Gasteiger charge is -2.50. The molecule has 1 saturated carbocycles. The Hall–Kier alpha value is -4.59. The van der Waals surface area contributed by atoms with Crippen molar-refractivity contribution in [3.8, 4) is 5.75 Å². The van der Waals surface area contributed by atoms with E-state index in [1.807, 2.05) is 0 Å². The van der Waals surface area contributed by atoms with Crippen molar-refractivity contribution in [2.24, 2.45) is 17.6 Å². The number of urea groups is 1. The van der Waals surface area contributed by atoms with Crippen molar-refractivity contribution in [2.75, 3.05) is 5.32 Å². The number of rotatable bonds is 3. The Labute approximate surface area is 247 Å². The van der Waals surface area contributed by atoms with Crippen LogP contribution in [0.2, 0.25) is 0 Å². The van der Waals surface area contributed by atoms with Crippen molar-refractivity contribution in [2.45, 2.75) is 77.2 Å². The maximum atomic E-state index is 14.3. The largest absolute Gasteiger partial charge is 0.507 e. The molecule has 3 aliphatic carbocycles. The summed E-state index contributed by atoms with van der Waals surface area (Å²) in [6, 6.07) is 2.21. The molecule has 1 aromatic carbocycles. The van der Waals surface area contributed by atoms with Crippen LogP contribution in [0, 0.1) is 11.8 Å². The van der Waals surface area contributed by atoms with E-state index in [9.17, 15) is 44.4 Å².